The zero-order valence-electron chi connectivity index (χ0n) is 13.3. The lowest BCUT2D eigenvalue weighted by Crippen LogP contribution is -2.38. The van der Waals surface area contributed by atoms with Crippen LogP contribution in [0.15, 0.2) is 29.4 Å². The maximum atomic E-state index is 8.73. The molecule has 1 aromatic carbocycles. The summed E-state index contributed by atoms with van der Waals surface area (Å²) in [5.41, 5.74) is 8.62. The number of rotatable bonds is 3. The second kappa shape index (κ2) is 6.48. The molecule has 2 rings (SSSR count). The lowest BCUT2D eigenvalue weighted by molar-refractivity contribution is 0.198. The van der Waals surface area contributed by atoms with Gasteiger partial charge in [-0.05, 0) is 42.5 Å². The van der Waals surface area contributed by atoms with E-state index >= 15 is 0 Å². The van der Waals surface area contributed by atoms with Crippen molar-refractivity contribution in [2.75, 3.05) is 13.1 Å². The fourth-order valence-corrected chi connectivity index (χ4v) is 2.84. The van der Waals surface area contributed by atoms with E-state index < -0.39 is 0 Å². The van der Waals surface area contributed by atoms with Gasteiger partial charge in [0.25, 0.3) is 0 Å². The maximum absolute atomic E-state index is 8.73. The molecule has 1 aliphatic heterocycles. The van der Waals surface area contributed by atoms with Gasteiger partial charge in [-0.25, -0.2) is 0 Å². The minimum atomic E-state index is 0.206. The molecule has 1 aliphatic rings. The van der Waals surface area contributed by atoms with Gasteiger partial charge in [-0.1, -0.05) is 50.2 Å². The quantitative estimate of drug-likeness (QED) is 0.389. The molecule has 0 saturated carbocycles. The van der Waals surface area contributed by atoms with Crippen LogP contribution in [0.25, 0.3) is 0 Å². The molecule has 0 atom stereocenters. The number of nitrogens with two attached hydrogens (primary N) is 1. The molecule has 0 spiro atoms. The highest BCUT2D eigenvalue weighted by Gasteiger charge is 2.22. The average molecular weight is 289 g/mol. The normalized spacial score (nSPS) is 18.9. The Morgan fingerprint density at radius 1 is 1.24 bits per heavy atom. The summed E-state index contributed by atoms with van der Waals surface area (Å²) in [6.07, 6.45) is 1.94. The van der Waals surface area contributed by atoms with Crippen LogP contribution in [0.3, 0.4) is 0 Å². The summed E-state index contributed by atoms with van der Waals surface area (Å²) in [4.78, 5) is 2.44. The molecule has 1 heterocycles. The van der Waals surface area contributed by atoms with Crippen LogP contribution in [0.2, 0.25) is 0 Å². The van der Waals surface area contributed by atoms with Crippen LogP contribution in [0, 0.1) is 5.92 Å². The zero-order valence-corrected chi connectivity index (χ0v) is 13.3. The molecule has 1 fully saturated rings. The fraction of sp³-hybridized carbons (Fsp3) is 0.588. The van der Waals surface area contributed by atoms with Crippen molar-refractivity contribution in [3.63, 3.8) is 0 Å². The number of benzene rings is 1. The topological polar surface area (TPSA) is 61.8 Å². The second-order valence-corrected chi connectivity index (χ2v) is 7.02. The van der Waals surface area contributed by atoms with Crippen LogP contribution in [0.4, 0.5) is 0 Å². The Bertz CT molecular complexity index is 480. The molecule has 3 N–H and O–H groups in total. The lowest BCUT2D eigenvalue weighted by Gasteiger charge is -2.31. The van der Waals surface area contributed by atoms with Gasteiger partial charge in [0.1, 0.15) is 5.84 Å². The number of hydrogen-bond donors (Lipinski definition) is 2. The third kappa shape index (κ3) is 4.21. The van der Waals surface area contributed by atoms with Crippen molar-refractivity contribution >= 4 is 5.84 Å². The molecule has 0 aromatic heterocycles. The van der Waals surface area contributed by atoms with Crippen LogP contribution in [0.5, 0.6) is 0 Å². The van der Waals surface area contributed by atoms with Gasteiger partial charge >= 0.3 is 0 Å². The number of hydrogen-bond acceptors (Lipinski definition) is 3. The van der Waals surface area contributed by atoms with E-state index in [2.05, 4.69) is 55.1 Å². The van der Waals surface area contributed by atoms with Gasteiger partial charge in [0.05, 0.1) is 0 Å². The van der Waals surface area contributed by atoms with E-state index in [4.69, 9.17) is 10.9 Å². The standard InChI is InChI=1S/C17H27N3O/c1-17(2,3)15-6-4-13(5-7-15)12-20-10-8-14(9-11-20)16(18)19-21/h4-7,14,21H,8-12H2,1-3H3,(H2,18,19). The first kappa shape index (κ1) is 15.8. The molecule has 0 radical (unpaired) electrons. The van der Waals surface area contributed by atoms with Gasteiger partial charge in [0.15, 0.2) is 0 Å². The SMILES string of the molecule is CC(C)(C)c1ccc(CN2CCC(C(N)=NO)CC2)cc1. The Labute approximate surface area is 127 Å². The molecule has 0 unspecified atom stereocenters. The lowest BCUT2D eigenvalue weighted by atomic mass is 9.86. The van der Waals surface area contributed by atoms with Crippen molar-refractivity contribution < 1.29 is 5.21 Å². The third-order valence-corrected chi connectivity index (χ3v) is 4.35. The van der Waals surface area contributed by atoms with Crippen molar-refractivity contribution in [2.45, 2.75) is 45.6 Å². The summed E-state index contributed by atoms with van der Waals surface area (Å²) < 4.78 is 0. The zero-order chi connectivity index (χ0) is 15.5. The highest BCUT2D eigenvalue weighted by atomic mass is 16.4. The molecule has 116 valence electrons. The van der Waals surface area contributed by atoms with Crippen molar-refractivity contribution in [2.24, 2.45) is 16.8 Å². The van der Waals surface area contributed by atoms with E-state index in [0.717, 1.165) is 32.5 Å². The smallest absolute Gasteiger partial charge is 0.142 e. The van der Waals surface area contributed by atoms with E-state index in [-0.39, 0.29) is 11.3 Å². The van der Waals surface area contributed by atoms with E-state index in [0.29, 0.717) is 5.84 Å². The average Bonchev–Trinajstić information content (AvgIpc) is 2.47. The van der Waals surface area contributed by atoms with Crippen LogP contribution in [-0.4, -0.2) is 29.0 Å². The summed E-state index contributed by atoms with van der Waals surface area (Å²) in [6, 6.07) is 8.93. The molecule has 4 nitrogen and oxygen atoms in total. The number of amidine groups is 1. The van der Waals surface area contributed by atoms with Gasteiger partial charge in [0, 0.05) is 12.5 Å². The predicted molar refractivity (Wildman–Crippen MR) is 86.6 cm³/mol. The molecule has 0 aliphatic carbocycles. The van der Waals surface area contributed by atoms with Crippen LogP contribution in [0.1, 0.15) is 44.7 Å². The number of piperidine rings is 1. The highest BCUT2D eigenvalue weighted by Crippen LogP contribution is 2.23. The van der Waals surface area contributed by atoms with E-state index in [1.165, 1.54) is 11.1 Å². The van der Waals surface area contributed by atoms with Crippen molar-refractivity contribution in [1.82, 2.24) is 4.90 Å². The van der Waals surface area contributed by atoms with Gasteiger partial charge < -0.3 is 10.9 Å². The summed E-state index contributed by atoms with van der Waals surface area (Å²) >= 11 is 0. The maximum Gasteiger partial charge on any atom is 0.142 e. The number of nitrogens with zero attached hydrogens (tertiary/aromatic N) is 2. The van der Waals surface area contributed by atoms with E-state index in [1.54, 1.807) is 0 Å². The molecule has 1 saturated heterocycles. The van der Waals surface area contributed by atoms with E-state index in [1.807, 2.05) is 0 Å². The Morgan fingerprint density at radius 3 is 2.29 bits per heavy atom. The molecule has 4 heteroatoms. The van der Waals surface area contributed by atoms with Gasteiger partial charge in [-0.3, -0.25) is 4.90 Å². The molecule has 1 aromatic rings. The van der Waals surface area contributed by atoms with Crippen molar-refractivity contribution in [1.29, 1.82) is 0 Å². The minimum absolute atomic E-state index is 0.206. The Kier molecular flexibility index (Phi) is 4.88. The Hall–Kier alpha value is -1.55. The van der Waals surface area contributed by atoms with Crippen molar-refractivity contribution in [3.05, 3.63) is 35.4 Å². The van der Waals surface area contributed by atoms with E-state index in [9.17, 15) is 0 Å². The summed E-state index contributed by atoms with van der Waals surface area (Å²) in [6.45, 7) is 9.69. The first-order valence-electron chi connectivity index (χ1n) is 7.69. The minimum Gasteiger partial charge on any atom is -0.409 e. The van der Waals surface area contributed by atoms with Crippen LogP contribution < -0.4 is 5.73 Å². The predicted octanol–water partition coefficient (Wildman–Crippen LogP) is 2.94. The first-order valence-corrected chi connectivity index (χ1v) is 7.69. The molecule has 0 bridgehead atoms. The highest BCUT2D eigenvalue weighted by molar-refractivity contribution is 5.82. The monoisotopic (exact) mass is 289 g/mol. The molecule has 21 heavy (non-hydrogen) atoms. The third-order valence-electron chi connectivity index (χ3n) is 4.35. The summed E-state index contributed by atoms with van der Waals surface area (Å²) in [5.74, 6) is 0.610. The summed E-state index contributed by atoms with van der Waals surface area (Å²) in [7, 11) is 0. The Morgan fingerprint density at radius 2 is 1.81 bits per heavy atom. The van der Waals surface area contributed by atoms with Crippen LogP contribution >= 0.6 is 0 Å². The summed E-state index contributed by atoms with van der Waals surface area (Å²) in [5, 5.41) is 11.9. The fourth-order valence-electron chi connectivity index (χ4n) is 2.84. The van der Waals surface area contributed by atoms with Crippen molar-refractivity contribution in [3.8, 4) is 0 Å². The van der Waals surface area contributed by atoms with Gasteiger partial charge in [-0.15, -0.1) is 0 Å². The molecular formula is C17H27N3O. The molecule has 0 amide bonds. The number of oxime groups is 1. The largest absolute Gasteiger partial charge is 0.409 e. The van der Waals surface area contributed by atoms with Crippen LogP contribution in [-0.2, 0) is 12.0 Å². The Balaban J connectivity index is 1.89. The van der Waals surface area contributed by atoms with Gasteiger partial charge in [-0.2, -0.15) is 0 Å². The second-order valence-electron chi connectivity index (χ2n) is 7.02. The molecular weight excluding hydrogens is 262 g/mol. The van der Waals surface area contributed by atoms with Gasteiger partial charge in [0.2, 0.25) is 0 Å². The first-order chi connectivity index (χ1) is 9.90. The number of likely N-dealkylation sites (tertiary alicyclic amines) is 1.